The van der Waals surface area contributed by atoms with Crippen molar-refractivity contribution in [1.29, 1.82) is 5.26 Å². The minimum atomic E-state index is -0.896. The number of ether oxygens (including phenoxy) is 1. The Kier molecular flexibility index (Phi) is 2.88. The van der Waals surface area contributed by atoms with Gasteiger partial charge in [0, 0.05) is 0 Å². The first-order chi connectivity index (χ1) is 6.59. The van der Waals surface area contributed by atoms with Crippen LogP contribution in [0, 0.1) is 11.3 Å². The van der Waals surface area contributed by atoms with E-state index in [4.69, 9.17) is 10.00 Å². The van der Waals surface area contributed by atoms with E-state index in [9.17, 15) is 4.79 Å². The molecule has 3 heteroatoms. The predicted octanol–water partition coefficient (Wildman–Crippen LogP) is 1.91. The van der Waals surface area contributed by atoms with Gasteiger partial charge >= 0.3 is 0 Å². The van der Waals surface area contributed by atoms with Crippen LogP contribution >= 0.6 is 0 Å². The minimum Gasteiger partial charge on any atom is -0.479 e. The summed E-state index contributed by atoms with van der Waals surface area (Å²) in [5, 5.41) is 8.77. The molecule has 0 amide bonds. The van der Waals surface area contributed by atoms with Gasteiger partial charge in [0.15, 0.2) is 11.9 Å². The first kappa shape index (κ1) is 10.3. The fourth-order valence-electron chi connectivity index (χ4n) is 0.955. The molecule has 0 aliphatic rings. The largest absolute Gasteiger partial charge is 0.479 e. The van der Waals surface area contributed by atoms with Crippen molar-refractivity contribution in [3.8, 4) is 11.8 Å². The second-order valence-electron chi connectivity index (χ2n) is 3.43. The van der Waals surface area contributed by atoms with Gasteiger partial charge in [-0.1, -0.05) is 12.1 Å². The molecule has 0 bridgehead atoms. The molecule has 72 valence electrons. The van der Waals surface area contributed by atoms with E-state index < -0.39 is 5.60 Å². The summed E-state index contributed by atoms with van der Waals surface area (Å²) in [7, 11) is 0. The van der Waals surface area contributed by atoms with E-state index in [1.165, 1.54) is 0 Å². The third kappa shape index (κ3) is 2.33. The summed E-state index contributed by atoms with van der Waals surface area (Å²) in [5.41, 5.74) is -0.463. The van der Waals surface area contributed by atoms with Crippen LogP contribution in [0.2, 0.25) is 0 Å². The summed E-state index contributed by atoms with van der Waals surface area (Å²) in [4.78, 5) is 10.6. The number of aldehydes is 1. The van der Waals surface area contributed by atoms with Gasteiger partial charge in [-0.25, -0.2) is 0 Å². The third-order valence-electron chi connectivity index (χ3n) is 1.66. The van der Waals surface area contributed by atoms with E-state index in [1.54, 1.807) is 38.1 Å². The Morgan fingerprint density at radius 3 is 2.64 bits per heavy atom. The molecule has 0 aliphatic carbocycles. The highest BCUT2D eigenvalue weighted by molar-refractivity contribution is 5.62. The number of carbonyl (C=O) groups excluding carboxylic acids is 1. The van der Waals surface area contributed by atoms with E-state index in [-0.39, 0.29) is 0 Å². The van der Waals surface area contributed by atoms with Crippen LogP contribution in [0.25, 0.3) is 0 Å². The van der Waals surface area contributed by atoms with Gasteiger partial charge in [0.1, 0.15) is 11.8 Å². The fraction of sp³-hybridized carbons (Fsp3) is 0.273. The average molecular weight is 189 g/mol. The fourth-order valence-corrected chi connectivity index (χ4v) is 0.955. The number of hydrogen-bond acceptors (Lipinski definition) is 3. The number of hydrogen-bond donors (Lipinski definition) is 0. The zero-order valence-corrected chi connectivity index (χ0v) is 8.15. The van der Waals surface area contributed by atoms with Crippen molar-refractivity contribution in [2.75, 3.05) is 0 Å². The van der Waals surface area contributed by atoms with Crippen LogP contribution in [-0.2, 0) is 4.79 Å². The Morgan fingerprint density at radius 1 is 1.43 bits per heavy atom. The molecular weight excluding hydrogens is 178 g/mol. The Balaban J connectivity index is 2.98. The molecule has 0 saturated carbocycles. The molecule has 0 aliphatic heterocycles. The molecular formula is C11H11NO2. The standard InChI is InChI=1S/C11H11NO2/c1-11(2,8-13)14-10-6-4-3-5-9(10)7-12/h3-6,8H,1-2H3. The average Bonchev–Trinajstić information content (AvgIpc) is 2.18. The maximum atomic E-state index is 10.6. The number of benzene rings is 1. The molecule has 0 aromatic heterocycles. The van der Waals surface area contributed by atoms with E-state index in [0.717, 1.165) is 0 Å². The lowest BCUT2D eigenvalue weighted by Crippen LogP contribution is -2.30. The first-order valence-corrected chi connectivity index (χ1v) is 4.23. The normalized spacial score (nSPS) is 10.4. The number of carbonyl (C=O) groups is 1. The summed E-state index contributed by atoms with van der Waals surface area (Å²) in [6.07, 6.45) is 0.709. The van der Waals surface area contributed by atoms with E-state index in [0.29, 0.717) is 17.6 Å². The lowest BCUT2D eigenvalue weighted by Gasteiger charge is -2.20. The topological polar surface area (TPSA) is 50.1 Å². The van der Waals surface area contributed by atoms with Crippen LogP contribution in [0.4, 0.5) is 0 Å². The number of rotatable bonds is 3. The number of nitriles is 1. The summed E-state index contributed by atoms with van der Waals surface area (Å²) >= 11 is 0. The van der Waals surface area contributed by atoms with E-state index in [2.05, 4.69) is 0 Å². The molecule has 1 aromatic carbocycles. The van der Waals surface area contributed by atoms with Crippen LogP contribution in [0.3, 0.4) is 0 Å². The van der Waals surface area contributed by atoms with Crippen molar-refractivity contribution in [3.05, 3.63) is 29.8 Å². The molecule has 0 radical (unpaired) electrons. The molecule has 0 fully saturated rings. The Hall–Kier alpha value is -1.82. The SMILES string of the molecule is CC(C)(C=O)Oc1ccccc1C#N. The Bertz CT molecular complexity index is 377. The van der Waals surface area contributed by atoms with Gasteiger partial charge in [-0.3, -0.25) is 4.79 Å². The molecule has 0 N–H and O–H groups in total. The summed E-state index contributed by atoms with van der Waals surface area (Å²) in [6.45, 7) is 3.29. The van der Waals surface area contributed by atoms with Crippen molar-refractivity contribution in [2.24, 2.45) is 0 Å². The highest BCUT2D eigenvalue weighted by Crippen LogP contribution is 2.21. The van der Waals surface area contributed by atoms with Crippen LogP contribution in [0.5, 0.6) is 5.75 Å². The molecule has 3 nitrogen and oxygen atoms in total. The molecule has 1 aromatic rings. The van der Waals surface area contributed by atoms with Gasteiger partial charge in [-0.2, -0.15) is 5.26 Å². The third-order valence-corrected chi connectivity index (χ3v) is 1.66. The van der Waals surface area contributed by atoms with Gasteiger partial charge in [-0.15, -0.1) is 0 Å². The summed E-state index contributed by atoms with van der Waals surface area (Å²) in [6, 6.07) is 8.83. The van der Waals surface area contributed by atoms with Crippen LogP contribution < -0.4 is 4.74 Å². The second-order valence-corrected chi connectivity index (χ2v) is 3.43. The van der Waals surface area contributed by atoms with Crippen molar-refractivity contribution >= 4 is 6.29 Å². The predicted molar refractivity (Wildman–Crippen MR) is 51.9 cm³/mol. The number of nitrogens with zero attached hydrogens (tertiary/aromatic N) is 1. The maximum Gasteiger partial charge on any atom is 0.162 e. The lowest BCUT2D eigenvalue weighted by molar-refractivity contribution is -0.119. The van der Waals surface area contributed by atoms with Gasteiger partial charge < -0.3 is 4.74 Å². The zero-order chi connectivity index (χ0) is 10.6. The molecule has 0 spiro atoms. The van der Waals surface area contributed by atoms with E-state index >= 15 is 0 Å². The lowest BCUT2D eigenvalue weighted by atomic mass is 10.1. The van der Waals surface area contributed by atoms with Gasteiger partial charge in [0.2, 0.25) is 0 Å². The molecule has 14 heavy (non-hydrogen) atoms. The quantitative estimate of drug-likeness (QED) is 0.682. The van der Waals surface area contributed by atoms with E-state index in [1.807, 2.05) is 6.07 Å². The van der Waals surface area contributed by atoms with Crippen LogP contribution in [0.1, 0.15) is 19.4 Å². The van der Waals surface area contributed by atoms with Gasteiger partial charge in [0.25, 0.3) is 0 Å². The second kappa shape index (κ2) is 3.93. The highest BCUT2D eigenvalue weighted by Gasteiger charge is 2.19. The van der Waals surface area contributed by atoms with Gasteiger partial charge in [-0.05, 0) is 26.0 Å². The minimum absolute atomic E-state index is 0.433. The molecule has 0 saturated heterocycles. The highest BCUT2D eigenvalue weighted by atomic mass is 16.5. The Morgan fingerprint density at radius 2 is 2.07 bits per heavy atom. The Labute approximate surface area is 82.9 Å². The molecule has 0 heterocycles. The molecule has 1 rings (SSSR count). The first-order valence-electron chi connectivity index (χ1n) is 4.23. The molecule has 0 atom stereocenters. The monoisotopic (exact) mass is 189 g/mol. The van der Waals surface area contributed by atoms with Crippen molar-refractivity contribution in [1.82, 2.24) is 0 Å². The van der Waals surface area contributed by atoms with Crippen molar-refractivity contribution in [2.45, 2.75) is 19.4 Å². The van der Waals surface area contributed by atoms with Gasteiger partial charge in [0.05, 0.1) is 5.56 Å². The summed E-state index contributed by atoms with van der Waals surface area (Å²) < 4.78 is 5.38. The zero-order valence-electron chi connectivity index (χ0n) is 8.15. The van der Waals surface area contributed by atoms with Crippen molar-refractivity contribution < 1.29 is 9.53 Å². The summed E-state index contributed by atoms with van der Waals surface area (Å²) in [5.74, 6) is 0.437. The smallest absolute Gasteiger partial charge is 0.162 e. The molecule has 0 unspecified atom stereocenters. The van der Waals surface area contributed by atoms with Crippen LogP contribution in [0.15, 0.2) is 24.3 Å². The van der Waals surface area contributed by atoms with Crippen molar-refractivity contribution in [3.63, 3.8) is 0 Å². The number of para-hydroxylation sites is 1. The maximum absolute atomic E-state index is 10.6. The van der Waals surface area contributed by atoms with Crippen LogP contribution in [-0.4, -0.2) is 11.9 Å².